The molecule has 1 fully saturated rings. The third-order valence-corrected chi connectivity index (χ3v) is 3.83. The van der Waals surface area contributed by atoms with Crippen molar-refractivity contribution >= 4 is 17.5 Å². The minimum absolute atomic E-state index is 0.0185. The highest BCUT2D eigenvalue weighted by molar-refractivity contribution is 6.30. The zero-order chi connectivity index (χ0) is 13.8. The summed E-state index contributed by atoms with van der Waals surface area (Å²) < 4.78 is 13.2. The van der Waals surface area contributed by atoms with E-state index in [1.807, 2.05) is 0 Å². The van der Waals surface area contributed by atoms with Gasteiger partial charge in [-0.15, -0.1) is 0 Å². The highest BCUT2D eigenvalue weighted by atomic mass is 35.5. The monoisotopic (exact) mass is 285 g/mol. The van der Waals surface area contributed by atoms with Gasteiger partial charge in [-0.05, 0) is 36.5 Å². The molecule has 2 rings (SSSR count). The second-order valence-corrected chi connectivity index (χ2v) is 5.40. The van der Waals surface area contributed by atoms with E-state index in [0.29, 0.717) is 17.9 Å². The first-order chi connectivity index (χ1) is 9.06. The molecule has 1 aromatic carbocycles. The van der Waals surface area contributed by atoms with Gasteiger partial charge in [0.2, 0.25) is 5.91 Å². The van der Waals surface area contributed by atoms with Gasteiger partial charge in [0.1, 0.15) is 5.82 Å². The van der Waals surface area contributed by atoms with Gasteiger partial charge in [-0.25, -0.2) is 4.39 Å². The van der Waals surface area contributed by atoms with Crippen molar-refractivity contribution in [3.05, 3.63) is 34.6 Å². The molecule has 19 heavy (non-hydrogen) atoms. The van der Waals surface area contributed by atoms with Crippen LogP contribution in [0, 0.1) is 11.7 Å². The van der Waals surface area contributed by atoms with Gasteiger partial charge in [0.15, 0.2) is 0 Å². The molecule has 5 heteroatoms. The van der Waals surface area contributed by atoms with E-state index in [1.165, 1.54) is 18.6 Å². The highest BCUT2D eigenvalue weighted by Gasteiger charge is 2.21. The molecule has 0 heterocycles. The number of nitrogens with one attached hydrogen (secondary N) is 1. The summed E-state index contributed by atoms with van der Waals surface area (Å²) in [5.41, 5.74) is 0.408. The van der Waals surface area contributed by atoms with Crippen LogP contribution in [0.15, 0.2) is 18.2 Å². The van der Waals surface area contributed by atoms with Gasteiger partial charge in [-0.2, -0.15) is 0 Å². The molecule has 0 bridgehead atoms. The van der Waals surface area contributed by atoms with Crippen molar-refractivity contribution in [2.24, 2.45) is 5.92 Å². The quantitative estimate of drug-likeness (QED) is 0.874. The van der Waals surface area contributed by atoms with Crippen LogP contribution in [0.3, 0.4) is 0 Å². The largest absolute Gasteiger partial charge is 0.387 e. The first kappa shape index (κ1) is 14.3. The number of aliphatic hydroxyl groups is 1. The maximum Gasteiger partial charge on any atom is 0.220 e. The third-order valence-electron chi connectivity index (χ3n) is 3.52. The van der Waals surface area contributed by atoms with Gasteiger partial charge in [-0.3, -0.25) is 4.79 Å². The fourth-order valence-electron chi connectivity index (χ4n) is 2.08. The Morgan fingerprint density at radius 1 is 1.53 bits per heavy atom. The van der Waals surface area contributed by atoms with Crippen molar-refractivity contribution < 1.29 is 14.3 Å². The van der Waals surface area contributed by atoms with E-state index in [1.54, 1.807) is 6.07 Å². The van der Waals surface area contributed by atoms with Crippen LogP contribution in [0.25, 0.3) is 0 Å². The average Bonchev–Trinajstić information content (AvgIpc) is 2.34. The van der Waals surface area contributed by atoms with Crippen LogP contribution < -0.4 is 5.32 Å². The Balaban J connectivity index is 1.81. The molecule has 1 amide bonds. The Morgan fingerprint density at radius 3 is 2.84 bits per heavy atom. The Bertz CT molecular complexity index is 463. The molecule has 104 valence electrons. The average molecular weight is 286 g/mol. The van der Waals surface area contributed by atoms with Crippen molar-refractivity contribution in [3.63, 3.8) is 0 Å². The summed E-state index contributed by atoms with van der Waals surface area (Å²) in [6.45, 7) is 0.0899. The van der Waals surface area contributed by atoms with Gasteiger partial charge < -0.3 is 10.4 Å². The van der Waals surface area contributed by atoms with Crippen molar-refractivity contribution in [1.82, 2.24) is 5.32 Å². The predicted molar refractivity (Wildman–Crippen MR) is 71.3 cm³/mol. The van der Waals surface area contributed by atoms with Gasteiger partial charge in [-0.1, -0.05) is 24.1 Å². The van der Waals surface area contributed by atoms with Crippen LogP contribution >= 0.6 is 11.6 Å². The number of hydrogen-bond donors (Lipinski definition) is 2. The predicted octanol–water partition coefficient (Wildman–Crippen LogP) is 2.82. The maximum absolute atomic E-state index is 13.2. The molecule has 1 atom stereocenters. The molecule has 2 N–H and O–H groups in total. The zero-order valence-corrected chi connectivity index (χ0v) is 11.3. The maximum atomic E-state index is 13.2. The second-order valence-electron chi connectivity index (χ2n) is 4.99. The number of carbonyl (C=O) groups excluding carboxylic acids is 1. The summed E-state index contributed by atoms with van der Waals surface area (Å²) in [6, 6.07) is 4.13. The van der Waals surface area contributed by atoms with Crippen molar-refractivity contribution in [1.29, 1.82) is 0 Å². The van der Waals surface area contributed by atoms with E-state index >= 15 is 0 Å². The lowest BCUT2D eigenvalue weighted by Gasteiger charge is -2.24. The molecule has 1 aliphatic carbocycles. The summed E-state index contributed by atoms with van der Waals surface area (Å²) in [5.74, 6) is -0.137. The van der Waals surface area contributed by atoms with Gasteiger partial charge in [0, 0.05) is 13.0 Å². The minimum Gasteiger partial charge on any atom is -0.387 e. The summed E-state index contributed by atoms with van der Waals surface area (Å²) in [6.07, 6.45) is 3.01. The molecule has 1 aliphatic rings. The molecule has 1 saturated carbocycles. The molecule has 0 saturated heterocycles. The lowest BCUT2D eigenvalue weighted by molar-refractivity contribution is -0.123. The van der Waals surface area contributed by atoms with E-state index in [4.69, 9.17) is 11.6 Å². The van der Waals surface area contributed by atoms with E-state index < -0.39 is 11.9 Å². The van der Waals surface area contributed by atoms with E-state index in [9.17, 15) is 14.3 Å². The number of hydrogen-bond acceptors (Lipinski definition) is 2. The number of aliphatic hydroxyl groups excluding tert-OH is 1. The SMILES string of the molecule is O=C(CC1CCC1)NCC(O)c1ccc(Cl)c(F)c1. The van der Waals surface area contributed by atoms with E-state index in [-0.39, 0.29) is 17.5 Å². The molecule has 3 nitrogen and oxygen atoms in total. The Kier molecular flexibility index (Phi) is 4.77. The second kappa shape index (κ2) is 6.35. The van der Waals surface area contributed by atoms with Crippen molar-refractivity contribution in [2.45, 2.75) is 31.8 Å². The molecular formula is C14H17ClFNO2. The minimum atomic E-state index is -0.919. The first-order valence-corrected chi connectivity index (χ1v) is 6.84. The standard InChI is InChI=1S/C14H17ClFNO2/c15-11-5-4-10(7-12(11)16)13(18)8-17-14(19)6-9-2-1-3-9/h4-5,7,9,13,18H,1-3,6,8H2,(H,17,19). The van der Waals surface area contributed by atoms with E-state index in [0.717, 1.165) is 12.8 Å². The number of carbonyl (C=O) groups is 1. The fourth-order valence-corrected chi connectivity index (χ4v) is 2.20. The normalized spacial score (nSPS) is 16.8. The van der Waals surface area contributed by atoms with Crippen LogP contribution in [-0.2, 0) is 4.79 Å². The van der Waals surface area contributed by atoms with Crippen LogP contribution in [-0.4, -0.2) is 17.6 Å². The van der Waals surface area contributed by atoms with Crippen LogP contribution in [0.2, 0.25) is 5.02 Å². The summed E-state index contributed by atoms with van der Waals surface area (Å²) in [7, 11) is 0. The Hall–Kier alpha value is -1.13. The van der Waals surface area contributed by atoms with Crippen LogP contribution in [0.4, 0.5) is 4.39 Å². The molecule has 0 radical (unpaired) electrons. The summed E-state index contributed by atoms with van der Waals surface area (Å²) in [4.78, 5) is 11.6. The number of rotatable bonds is 5. The number of halogens is 2. The molecule has 1 unspecified atom stereocenters. The topological polar surface area (TPSA) is 49.3 Å². The molecular weight excluding hydrogens is 269 g/mol. The zero-order valence-electron chi connectivity index (χ0n) is 10.5. The third kappa shape index (κ3) is 3.91. The fraction of sp³-hybridized carbons (Fsp3) is 0.500. The number of benzene rings is 1. The Morgan fingerprint density at radius 2 is 2.26 bits per heavy atom. The van der Waals surface area contributed by atoms with Gasteiger partial charge in [0.05, 0.1) is 11.1 Å². The lowest BCUT2D eigenvalue weighted by atomic mass is 9.83. The Labute approximate surface area is 116 Å². The van der Waals surface area contributed by atoms with Crippen molar-refractivity contribution in [2.75, 3.05) is 6.54 Å². The van der Waals surface area contributed by atoms with E-state index in [2.05, 4.69) is 5.32 Å². The van der Waals surface area contributed by atoms with Crippen LogP contribution in [0.1, 0.15) is 37.4 Å². The molecule has 0 spiro atoms. The van der Waals surface area contributed by atoms with Crippen LogP contribution in [0.5, 0.6) is 0 Å². The molecule has 1 aromatic rings. The van der Waals surface area contributed by atoms with Gasteiger partial charge in [0.25, 0.3) is 0 Å². The molecule has 0 aromatic heterocycles. The lowest BCUT2D eigenvalue weighted by Crippen LogP contribution is -2.31. The van der Waals surface area contributed by atoms with Gasteiger partial charge >= 0.3 is 0 Å². The smallest absolute Gasteiger partial charge is 0.220 e. The first-order valence-electron chi connectivity index (χ1n) is 6.46. The number of amides is 1. The highest BCUT2D eigenvalue weighted by Crippen LogP contribution is 2.29. The summed E-state index contributed by atoms with van der Waals surface area (Å²) >= 11 is 5.57. The summed E-state index contributed by atoms with van der Waals surface area (Å²) in [5, 5.41) is 12.6. The molecule has 0 aliphatic heterocycles. The van der Waals surface area contributed by atoms with Crippen molar-refractivity contribution in [3.8, 4) is 0 Å².